The lowest BCUT2D eigenvalue weighted by atomic mass is 9.99. The summed E-state index contributed by atoms with van der Waals surface area (Å²) >= 11 is 0. The van der Waals surface area contributed by atoms with Crippen LogP contribution in [0.5, 0.6) is 0 Å². The highest BCUT2D eigenvalue weighted by molar-refractivity contribution is 5.97. The van der Waals surface area contributed by atoms with E-state index in [1.807, 2.05) is 0 Å². The van der Waals surface area contributed by atoms with E-state index in [0.29, 0.717) is 35.4 Å². The molecule has 0 fully saturated rings. The summed E-state index contributed by atoms with van der Waals surface area (Å²) in [7, 11) is 1.63. The summed E-state index contributed by atoms with van der Waals surface area (Å²) < 4.78 is 47.3. The first-order valence-corrected chi connectivity index (χ1v) is 9.43. The number of hydrogen-bond acceptors (Lipinski definition) is 4. The maximum atomic E-state index is 13.7. The molecular formula is C21H15F3N4O3. The highest BCUT2D eigenvalue weighted by atomic mass is 19.2. The number of nitrogens with zero attached hydrogens (tertiary/aromatic N) is 3. The highest BCUT2D eigenvalue weighted by Crippen LogP contribution is 2.32. The van der Waals surface area contributed by atoms with Crippen LogP contribution in [0.3, 0.4) is 0 Å². The lowest BCUT2D eigenvalue weighted by Crippen LogP contribution is -2.36. The Morgan fingerprint density at radius 3 is 2.65 bits per heavy atom. The molecule has 10 heteroatoms. The van der Waals surface area contributed by atoms with E-state index in [-0.39, 0.29) is 23.6 Å². The summed E-state index contributed by atoms with van der Waals surface area (Å²) in [6.07, 6.45) is 0.409. The van der Waals surface area contributed by atoms with Crippen LogP contribution in [0.2, 0.25) is 0 Å². The number of aromatic nitrogens is 3. The molecule has 1 N–H and O–H groups in total. The van der Waals surface area contributed by atoms with Gasteiger partial charge in [0.2, 0.25) is 0 Å². The van der Waals surface area contributed by atoms with Crippen LogP contribution in [-0.4, -0.2) is 32.1 Å². The first-order chi connectivity index (χ1) is 14.8. The number of rotatable bonds is 2. The minimum Gasteiger partial charge on any atom is -0.408 e. The molecular weight excluding hydrogens is 413 g/mol. The number of carbonyl (C=O) groups excluding carboxylic acids is 1. The summed E-state index contributed by atoms with van der Waals surface area (Å²) in [5.41, 5.74) is 3.15. The van der Waals surface area contributed by atoms with Crippen molar-refractivity contribution in [1.82, 2.24) is 19.7 Å². The van der Waals surface area contributed by atoms with Crippen LogP contribution in [-0.2, 0) is 20.0 Å². The van der Waals surface area contributed by atoms with Crippen molar-refractivity contribution in [3.8, 4) is 11.3 Å². The van der Waals surface area contributed by atoms with Gasteiger partial charge in [0.15, 0.2) is 23.0 Å². The number of benzene rings is 2. The van der Waals surface area contributed by atoms with E-state index in [1.165, 1.54) is 10.7 Å². The molecule has 3 heterocycles. The van der Waals surface area contributed by atoms with Crippen molar-refractivity contribution in [2.75, 3.05) is 6.54 Å². The average molecular weight is 428 g/mol. The summed E-state index contributed by atoms with van der Waals surface area (Å²) in [5, 5.41) is 4.41. The van der Waals surface area contributed by atoms with Crippen molar-refractivity contribution in [1.29, 1.82) is 0 Å². The molecule has 0 aliphatic carbocycles. The molecule has 4 aromatic rings. The molecule has 5 rings (SSSR count). The van der Waals surface area contributed by atoms with Crippen LogP contribution in [0.4, 0.5) is 13.2 Å². The highest BCUT2D eigenvalue weighted by Gasteiger charge is 2.28. The van der Waals surface area contributed by atoms with Gasteiger partial charge in [0.25, 0.3) is 5.91 Å². The Balaban J connectivity index is 1.46. The predicted octanol–water partition coefficient (Wildman–Crippen LogP) is 3.14. The molecule has 0 saturated heterocycles. The summed E-state index contributed by atoms with van der Waals surface area (Å²) in [6, 6.07) is 6.57. The number of halogens is 3. The van der Waals surface area contributed by atoms with Crippen molar-refractivity contribution in [3.05, 3.63) is 75.2 Å². The first kappa shape index (κ1) is 19.2. The molecule has 0 saturated carbocycles. The minimum absolute atomic E-state index is 0.181. The first-order valence-electron chi connectivity index (χ1n) is 9.43. The molecule has 158 valence electrons. The predicted molar refractivity (Wildman–Crippen MR) is 104 cm³/mol. The summed E-state index contributed by atoms with van der Waals surface area (Å²) in [4.78, 5) is 28.4. The smallest absolute Gasteiger partial charge is 0.408 e. The van der Waals surface area contributed by atoms with Crippen LogP contribution in [0.1, 0.15) is 21.6 Å². The third kappa shape index (κ3) is 3.11. The van der Waals surface area contributed by atoms with Gasteiger partial charge < -0.3 is 9.32 Å². The Morgan fingerprint density at radius 2 is 1.90 bits per heavy atom. The van der Waals surface area contributed by atoms with Gasteiger partial charge in [0, 0.05) is 30.3 Å². The fourth-order valence-electron chi connectivity index (χ4n) is 4.01. The number of hydrogen-bond donors (Lipinski definition) is 1. The average Bonchev–Trinajstić information content (AvgIpc) is 3.27. The van der Waals surface area contributed by atoms with Crippen molar-refractivity contribution in [2.45, 2.75) is 13.0 Å². The van der Waals surface area contributed by atoms with Crippen LogP contribution in [0.25, 0.3) is 22.4 Å². The number of oxazole rings is 1. The monoisotopic (exact) mass is 428 g/mol. The topological polar surface area (TPSA) is 84.1 Å². The SMILES string of the molecule is Cn1nc2c(c1-c1cc(F)c(F)c(F)c1)CCN(C(=O)c1ccc3[nH]c(=O)oc3c1)C2. The number of aromatic amines is 1. The summed E-state index contributed by atoms with van der Waals surface area (Å²) in [6.45, 7) is 0.551. The van der Waals surface area contributed by atoms with Crippen molar-refractivity contribution < 1.29 is 22.4 Å². The molecule has 1 aliphatic rings. The Kier molecular flexibility index (Phi) is 4.24. The van der Waals surface area contributed by atoms with Crippen LogP contribution in [0, 0.1) is 17.5 Å². The molecule has 0 unspecified atom stereocenters. The van der Waals surface area contributed by atoms with Gasteiger partial charge in [-0.05, 0) is 36.8 Å². The number of carbonyl (C=O) groups is 1. The van der Waals surface area contributed by atoms with Gasteiger partial charge in [-0.2, -0.15) is 5.10 Å². The van der Waals surface area contributed by atoms with E-state index < -0.39 is 23.2 Å². The molecule has 0 spiro atoms. The Bertz CT molecular complexity index is 1400. The second kappa shape index (κ2) is 6.86. The van der Waals surface area contributed by atoms with Gasteiger partial charge >= 0.3 is 5.76 Å². The molecule has 0 atom stereocenters. The number of amides is 1. The van der Waals surface area contributed by atoms with Gasteiger partial charge in [-0.25, -0.2) is 18.0 Å². The molecule has 7 nitrogen and oxygen atoms in total. The number of aryl methyl sites for hydroxylation is 1. The van der Waals surface area contributed by atoms with Gasteiger partial charge in [-0.15, -0.1) is 0 Å². The van der Waals surface area contributed by atoms with E-state index >= 15 is 0 Å². The van der Waals surface area contributed by atoms with Gasteiger partial charge in [0.1, 0.15) is 0 Å². The number of nitrogens with one attached hydrogen (secondary N) is 1. The van der Waals surface area contributed by atoms with Crippen LogP contribution in [0.15, 0.2) is 39.5 Å². The van der Waals surface area contributed by atoms with E-state index in [4.69, 9.17) is 4.42 Å². The lowest BCUT2D eigenvalue weighted by Gasteiger charge is -2.26. The van der Waals surface area contributed by atoms with Gasteiger partial charge in [0.05, 0.1) is 23.4 Å². The Morgan fingerprint density at radius 1 is 1.16 bits per heavy atom. The second-order valence-electron chi connectivity index (χ2n) is 7.35. The number of H-pyrrole nitrogens is 1. The van der Waals surface area contributed by atoms with Crippen molar-refractivity contribution in [3.63, 3.8) is 0 Å². The zero-order valence-corrected chi connectivity index (χ0v) is 16.2. The Hall–Kier alpha value is -3.82. The van der Waals surface area contributed by atoms with Gasteiger partial charge in [-0.3, -0.25) is 14.5 Å². The standard InChI is InChI=1S/C21H15F3N4O3/c1-27-19(11-6-13(22)18(24)14(23)7-11)12-4-5-28(9-16(12)26-27)20(29)10-2-3-15-17(8-10)31-21(30)25-15/h2-3,6-8H,4-5,9H2,1H3,(H,25,30). The second-order valence-corrected chi connectivity index (χ2v) is 7.35. The summed E-state index contributed by atoms with van der Waals surface area (Å²) in [5.74, 6) is -4.93. The lowest BCUT2D eigenvalue weighted by molar-refractivity contribution is 0.0732. The zero-order valence-electron chi connectivity index (χ0n) is 16.2. The molecule has 0 radical (unpaired) electrons. The number of fused-ring (bicyclic) bond motifs is 2. The van der Waals surface area contributed by atoms with Crippen LogP contribution >= 0.6 is 0 Å². The molecule has 2 aromatic heterocycles. The third-order valence-electron chi connectivity index (χ3n) is 5.41. The van der Waals surface area contributed by atoms with Crippen LogP contribution < -0.4 is 5.76 Å². The molecule has 1 amide bonds. The fraction of sp³-hybridized carbons (Fsp3) is 0.190. The van der Waals surface area contributed by atoms with Gasteiger partial charge in [-0.1, -0.05) is 0 Å². The zero-order chi connectivity index (χ0) is 21.9. The largest absolute Gasteiger partial charge is 0.417 e. The maximum absolute atomic E-state index is 13.7. The van der Waals surface area contributed by atoms with E-state index in [0.717, 1.165) is 17.7 Å². The molecule has 31 heavy (non-hydrogen) atoms. The van der Waals surface area contributed by atoms with Crippen molar-refractivity contribution in [2.24, 2.45) is 7.05 Å². The van der Waals surface area contributed by atoms with E-state index in [9.17, 15) is 22.8 Å². The maximum Gasteiger partial charge on any atom is 0.417 e. The third-order valence-corrected chi connectivity index (χ3v) is 5.41. The quantitative estimate of drug-likeness (QED) is 0.497. The molecule has 1 aliphatic heterocycles. The van der Waals surface area contributed by atoms with E-state index in [2.05, 4.69) is 10.1 Å². The fourth-order valence-corrected chi connectivity index (χ4v) is 4.01. The van der Waals surface area contributed by atoms with E-state index in [1.54, 1.807) is 24.1 Å². The molecule has 0 bridgehead atoms. The Labute approximate surface area is 172 Å². The van der Waals surface area contributed by atoms with Crippen molar-refractivity contribution >= 4 is 17.0 Å². The normalized spacial score (nSPS) is 13.6. The molecule has 2 aromatic carbocycles. The minimum atomic E-state index is -1.52.